The van der Waals surface area contributed by atoms with E-state index in [4.69, 9.17) is 0 Å². The van der Waals surface area contributed by atoms with Crippen LogP contribution in [0.25, 0.3) is 0 Å². The van der Waals surface area contributed by atoms with Gasteiger partial charge in [0.15, 0.2) is 0 Å². The van der Waals surface area contributed by atoms with Gasteiger partial charge in [0, 0.05) is 0 Å². The van der Waals surface area contributed by atoms with Crippen molar-refractivity contribution in [2.24, 2.45) is 0 Å². The standard InChI is InChI=1S/C18H10F12O/c19-15(20,21)11-5-1-3-9(13(11)17(25,26)27)7-31-8-10-4-2-6-12(16(22,23)24)14(10)18(28,29)30/h1-6H,7-8H2. The third-order valence-electron chi connectivity index (χ3n) is 3.99. The summed E-state index contributed by atoms with van der Waals surface area (Å²) < 4.78 is 161. The summed E-state index contributed by atoms with van der Waals surface area (Å²) in [6, 6.07) is 2.86. The second-order valence-corrected chi connectivity index (χ2v) is 6.16. The highest BCUT2D eigenvalue weighted by Crippen LogP contribution is 2.44. The van der Waals surface area contributed by atoms with Crippen molar-refractivity contribution in [2.75, 3.05) is 0 Å². The summed E-state index contributed by atoms with van der Waals surface area (Å²) in [5.41, 5.74) is -10.3. The normalized spacial score (nSPS) is 13.5. The SMILES string of the molecule is FC(F)(F)c1cccc(COCc2cccc(C(F)(F)F)c2C(F)(F)F)c1C(F)(F)F. The largest absolute Gasteiger partial charge is 0.417 e. The van der Waals surface area contributed by atoms with Gasteiger partial charge in [-0.15, -0.1) is 0 Å². The maximum Gasteiger partial charge on any atom is 0.417 e. The van der Waals surface area contributed by atoms with Crippen LogP contribution in [0, 0.1) is 0 Å². The van der Waals surface area contributed by atoms with Gasteiger partial charge >= 0.3 is 24.7 Å². The van der Waals surface area contributed by atoms with Crippen molar-refractivity contribution in [1.29, 1.82) is 0 Å². The molecule has 0 atom stereocenters. The van der Waals surface area contributed by atoms with Crippen molar-refractivity contribution in [3.05, 3.63) is 69.8 Å². The van der Waals surface area contributed by atoms with E-state index in [1.807, 2.05) is 0 Å². The van der Waals surface area contributed by atoms with E-state index in [2.05, 4.69) is 4.74 Å². The van der Waals surface area contributed by atoms with Gasteiger partial charge < -0.3 is 4.74 Å². The third kappa shape index (κ3) is 5.83. The molecular formula is C18H10F12O. The zero-order valence-corrected chi connectivity index (χ0v) is 14.8. The fourth-order valence-corrected chi connectivity index (χ4v) is 2.85. The molecule has 0 saturated heterocycles. The first-order chi connectivity index (χ1) is 13.9. The Bertz CT molecular complexity index is 844. The third-order valence-corrected chi connectivity index (χ3v) is 3.99. The van der Waals surface area contributed by atoms with Crippen LogP contribution in [-0.4, -0.2) is 0 Å². The molecule has 2 aromatic rings. The Morgan fingerprint density at radius 1 is 0.484 bits per heavy atom. The van der Waals surface area contributed by atoms with Gasteiger partial charge in [-0.3, -0.25) is 0 Å². The summed E-state index contributed by atoms with van der Waals surface area (Å²) in [4.78, 5) is 0. The zero-order valence-electron chi connectivity index (χ0n) is 14.8. The van der Waals surface area contributed by atoms with E-state index < -0.39 is 71.3 Å². The summed E-state index contributed by atoms with van der Waals surface area (Å²) in [5.74, 6) is 0. The molecule has 0 fully saturated rings. The Balaban J connectivity index is 2.40. The lowest BCUT2D eigenvalue weighted by atomic mass is 9.99. The maximum atomic E-state index is 13.2. The molecule has 13 heteroatoms. The lowest BCUT2D eigenvalue weighted by molar-refractivity contribution is -0.163. The van der Waals surface area contributed by atoms with Crippen molar-refractivity contribution in [1.82, 2.24) is 0 Å². The zero-order chi connectivity index (χ0) is 23.8. The van der Waals surface area contributed by atoms with E-state index in [1.54, 1.807) is 0 Å². The molecular weight excluding hydrogens is 460 g/mol. The quantitative estimate of drug-likeness (QED) is 0.421. The van der Waals surface area contributed by atoms with Gasteiger partial charge in [-0.2, -0.15) is 52.7 Å². The van der Waals surface area contributed by atoms with Crippen LogP contribution in [0.1, 0.15) is 33.4 Å². The number of ether oxygens (including phenoxy) is 1. The lowest BCUT2D eigenvalue weighted by Crippen LogP contribution is -2.20. The molecule has 0 heterocycles. The van der Waals surface area contributed by atoms with Crippen LogP contribution in [0.4, 0.5) is 52.7 Å². The molecule has 0 aromatic heterocycles. The summed E-state index contributed by atoms with van der Waals surface area (Å²) in [6.45, 7) is -2.46. The molecule has 0 spiro atoms. The van der Waals surface area contributed by atoms with Gasteiger partial charge in [0.25, 0.3) is 0 Å². The average molecular weight is 470 g/mol. The molecule has 0 saturated carbocycles. The number of halogens is 12. The van der Waals surface area contributed by atoms with Gasteiger partial charge in [0.2, 0.25) is 0 Å². The predicted octanol–water partition coefficient (Wildman–Crippen LogP) is 7.48. The molecule has 1 nitrogen and oxygen atoms in total. The number of hydrogen-bond donors (Lipinski definition) is 0. The Hall–Kier alpha value is -2.44. The van der Waals surface area contributed by atoms with E-state index in [9.17, 15) is 52.7 Å². The predicted molar refractivity (Wildman–Crippen MR) is 81.4 cm³/mol. The Kier molecular flexibility index (Phi) is 6.60. The van der Waals surface area contributed by atoms with Gasteiger partial charge in [0.1, 0.15) is 0 Å². The van der Waals surface area contributed by atoms with E-state index >= 15 is 0 Å². The molecule has 0 aliphatic carbocycles. The highest BCUT2D eigenvalue weighted by atomic mass is 19.4. The topological polar surface area (TPSA) is 9.23 Å². The number of rotatable bonds is 4. The molecule has 0 aliphatic heterocycles. The van der Waals surface area contributed by atoms with Crippen LogP contribution >= 0.6 is 0 Å². The van der Waals surface area contributed by atoms with Crippen molar-refractivity contribution < 1.29 is 57.4 Å². The molecule has 2 aromatic carbocycles. The summed E-state index contributed by atoms with van der Waals surface area (Å²) in [5, 5.41) is 0. The fraction of sp³-hybridized carbons (Fsp3) is 0.333. The van der Waals surface area contributed by atoms with Crippen molar-refractivity contribution in [3.63, 3.8) is 0 Å². The first-order valence-corrected chi connectivity index (χ1v) is 8.04. The molecule has 172 valence electrons. The van der Waals surface area contributed by atoms with Gasteiger partial charge in [-0.25, -0.2) is 0 Å². The van der Waals surface area contributed by atoms with Crippen LogP contribution < -0.4 is 0 Å². The van der Waals surface area contributed by atoms with Crippen LogP contribution in [0.5, 0.6) is 0 Å². The molecule has 0 unspecified atom stereocenters. The van der Waals surface area contributed by atoms with Gasteiger partial charge in [0.05, 0.1) is 35.5 Å². The minimum atomic E-state index is -5.47. The minimum Gasteiger partial charge on any atom is -0.372 e. The molecule has 0 N–H and O–H groups in total. The monoisotopic (exact) mass is 470 g/mol. The molecule has 0 radical (unpaired) electrons. The first kappa shape index (κ1) is 24.8. The molecule has 31 heavy (non-hydrogen) atoms. The van der Waals surface area contributed by atoms with E-state index in [0.717, 1.165) is 0 Å². The second-order valence-electron chi connectivity index (χ2n) is 6.16. The number of hydrogen-bond acceptors (Lipinski definition) is 1. The Morgan fingerprint density at radius 3 is 1.06 bits per heavy atom. The van der Waals surface area contributed by atoms with Crippen molar-refractivity contribution in [3.8, 4) is 0 Å². The summed E-state index contributed by atoms with van der Waals surface area (Å²) in [7, 11) is 0. The van der Waals surface area contributed by atoms with E-state index in [-0.39, 0.29) is 12.1 Å². The first-order valence-electron chi connectivity index (χ1n) is 8.04. The molecule has 0 bridgehead atoms. The smallest absolute Gasteiger partial charge is 0.372 e. The van der Waals surface area contributed by atoms with Crippen LogP contribution in [0.2, 0.25) is 0 Å². The van der Waals surface area contributed by atoms with Crippen molar-refractivity contribution in [2.45, 2.75) is 37.9 Å². The Morgan fingerprint density at radius 2 is 0.806 bits per heavy atom. The molecule has 0 aliphatic rings. The van der Waals surface area contributed by atoms with Crippen molar-refractivity contribution >= 4 is 0 Å². The van der Waals surface area contributed by atoms with Gasteiger partial charge in [-0.1, -0.05) is 24.3 Å². The maximum absolute atomic E-state index is 13.2. The van der Waals surface area contributed by atoms with Crippen LogP contribution in [-0.2, 0) is 42.7 Å². The highest BCUT2D eigenvalue weighted by Gasteiger charge is 2.46. The van der Waals surface area contributed by atoms with Crippen LogP contribution in [0.3, 0.4) is 0 Å². The summed E-state index contributed by atoms with van der Waals surface area (Å²) >= 11 is 0. The minimum absolute atomic E-state index is 0.168. The fourth-order valence-electron chi connectivity index (χ4n) is 2.85. The Labute approximate surface area is 166 Å². The molecule has 2 rings (SSSR count). The number of alkyl halides is 12. The van der Waals surface area contributed by atoms with E-state index in [0.29, 0.717) is 24.3 Å². The summed E-state index contributed by atoms with van der Waals surface area (Å²) in [6.07, 6.45) is -21.7. The average Bonchev–Trinajstić information content (AvgIpc) is 2.58. The second kappa shape index (κ2) is 8.24. The van der Waals surface area contributed by atoms with Gasteiger partial charge in [-0.05, 0) is 23.3 Å². The molecule has 0 amide bonds. The van der Waals surface area contributed by atoms with Crippen LogP contribution in [0.15, 0.2) is 36.4 Å². The lowest BCUT2D eigenvalue weighted by Gasteiger charge is -2.20. The number of benzene rings is 2. The van der Waals surface area contributed by atoms with E-state index in [1.165, 1.54) is 0 Å². The highest BCUT2D eigenvalue weighted by molar-refractivity contribution is 5.40.